The van der Waals surface area contributed by atoms with Gasteiger partial charge in [-0.1, -0.05) is 30.3 Å². The number of amides is 4. The first kappa shape index (κ1) is 19.1. The minimum Gasteiger partial charge on any atom is -0.330 e. The van der Waals surface area contributed by atoms with E-state index in [1.54, 1.807) is 30.3 Å². The van der Waals surface area contributed by atoms with Gasteiger partial charge in [0.25, 0.3) is 11.8 Å². The molecular weight excluding hydrogens is 362 g/mol. The topological polar surface area (TPSA) is 105 Å². The van der Waals surface area contributed by atoms with Crippen LogP contribution in [-0.2, 0) is 25.6 Å². The van der Waals surface area contributed by atoms with Crippen LogP contribution in [0.1, 0.15) is 24.0 Å². The SMILES string of the molecule is Cc1ccccc1NC(=O)Nc1ccc(CC(=O)ON2C(=O)CCC2=O)cc1. The summed E-state index contributed by atoms with van der Waals surface area (Å²) in [6, 6.07) is 13.6. The zero-order valence-corrected chi connectivity index (χ0v) is 15.2. The Kier molecular flexibility index (Phi) is 5.69. The van der Waals surface area contributed by atoms with E-state index >= 15 is 0 Å². The van der Waals surface area contributed by atoms with Crippen LogP contribution in [0.5, 0.6) is 0 Å². The highest BCUT2D eigenvalue weighted by molar-refractivity contribution is 6.02. The predicted octanol–water partition coefficient (Wildman–Crippen LogP) is 2.79. The summed E-state index contributed by atoms with van der Waals surface area (Å²) in [5.74, 6) is -1.74. The van der Waals surface area contributed by atoms with Crippen molar-refractivity contribution in [2.45, 2.75) is 26.2 Å². The number of para-hydroxylation sites is 1. The number of carbonyl (C=O) groups is 4. The summed E-state index contributed by atoms with van der Waals surface area (Å²) < 4.78 is 0. The minimum absolute atomic E-state index is 0.0526. The van der Waals surface area contributed by atoms with E-state index in [0.29, 0.717) is 22.0 Å². The lowest BCUT2D eigenvalue weighted by Crippen LogP contribution is -2.32. The summed E-state index contributed by atoms with van der Waals surface area (Å²) in [5, 5.41) is 5.99. The van der Waals surface area contributed by atoms with E-state index in [1.807, 2.05) is 25.1 Å². The van der Waals surface area contributed by atoms with E-state index < -0.39 is 17.8 Å². The second-order valence-corrected chi connectivity index (χ2v) is 6.31. The van der Waals surface area contributed by atoms with Crippen LogP contribution in [-0.4, -0.2) is 28.9 Å². The van der Waals surface area contributed by atoms with Crippen molar-refractivity contribution < 1.29 is 24.0 Å². The number of nitrogens with zero attached hydrogens (tertiary/aromatic N) is 1. The monoisotopic (exact) mass is 381 g/mol. The maximum Gasteiger partial charge on any atom is 0.337 e. The summed E-state index contributed by atoms with van der Waals surface area (Å²) in [6.07, 6.45) is 0.000839. The van der Waals surface area contributed by atoms with Crippen LogP contribution in [0.4, 0.5) is 16.2 Å². The Hall–Kier alpha value is -3.68. The Labute approximate surface area is 161 Å². The van der Waals surface area contributed by atoms with Crippen LogP contribution in [0, 0.1) is 6.92 Å². The van der Waals surface area contributed by atoms with Crippen molar-refractivity contribution in [2.24, 2.45) is 0 Å². The molecule has 1 saturated heterocycles. The van der Waals surface area contributed by atoms with Crippen molar-refractivity contribution in [1.29, 1.82) is 0 Å². The first-order valence-electron chi connectivity index (χ1n) is 8.71. The standard InChI is InChI=1S/C20H19N3O5/c1-13-4-2-3-5-16(13)22-20(27)21-15-8-6-14(7-9-15)12-19(26)28-23-17(24)10-11-18(23)25/h2-9H,10-12H2,1H3,(H2,21,22,27). The van der Waals surface area contributed by atoms with Crippen LogP contribution in [0.2, 0.25) is 0 Å². The number of hydrogen-bond acceptors (Lipinski definition) is 5. The van der Waals surface area contributed by atoms with Gasteiger partial charge in [-0.3, -0.25) is 9.59 Å². The van der Waals surface area contributed by atoms with Gasteiger partial charge in [-0.05, 0) is 36.2 Å². The van der Waals surface area contributed by atoms with E-state index in [1.165, 1.54) is 0 Å². The van der Waals surface area contributed by atoms with Crippen LogP contribution in [0.15, 0.2) is 48.5 Å². The molecule has 2 aromatic rings. The van der Waals surface area contributed by atoms with Crippen LogP contribution >= 0.6 is 0 Å². The molecule has 2 aromatic carbocycles. The molecule has 1 fully saturated rings. The fourth-order valence-corrected chi connectivity index (χ4v) is 2.66. The summed E-state index contributed by atoms with van der Waals surface area (Å²) in [5.41, 5.74) is 2.83. The van der Waals surface area contributed by atoms with Crippen LogP contribution < -0.4 is 10.6 Å². The molecule has 1 heterocycles. The highest BCUT2D eigenvalue weighted by Crippen LogP contribution is 2.16. The van der Waals surface area contributed by atoms with Gasteiger partial charge in [0, 0.05) is 24.2 Å². The fraction of sp³-hybridized carbons (Fsp3) is 0.200. The molecule has 1 aliphatic rings. The maximum absolute atomic E-state index is 12.1. The number of aryl methyl sites for hydroxylation is 1. The Balaban J connectivity index is 1.52. The average Bonchev–Trinajstić information content (AvgIpc) is 2.97. The first-order chi connectivity index (χ1) is 13.4. The Bertz CT molecular complexity index is 908. The molecule has 8 heteroatoms. The van der Waals surface area contributed by atoms with Gasteiger partial charge in [-0.15, -0.1) is 5.06 Å². The molecule has 2 N–H and O–H groups in total. The lowest BCUT2D eigenvalue weighted by molar-refractivity contribution is -0.197. The third-order valence-electron chi connectivity index (χ3n) is 4.15. The number of imide groups is 1. The van der Waals surface area contributed by atoms with Crippen molar-refractivity contribution in [3.05, 3.63) is 59.7 Å². The predicted molar refractivity (Wildman–Crippen MR) is 101 cm³/mol. The van der Waals surface area contributed by atoms with Crippen LogP contribution in [0.25, 0.3) is 0 Å². The smallest absolute Gasteiger partial charge is 0.330 e. The van der Waals surface area contributed by atoms with Crippen LogP contribution in [0.3, 0.4) is 0 Å². The summed E-state index contributed by atoms with van der Waals surface area (Å²) in [4.78, 5) is 51.7. The van der Waals surface area contributed by atoms with Crippen molar-refractivity contribution in [3.63, 3.8) is 0 Å². The lowest BCUT2D eigenvalue weighted by Gasteiger charge is -2.13. The van der Waals surface area contributed by atoms with Gasteiger partial charge in [0.05, 0.1) is 6.42 Å². The summed E-state index contributed by atoms with van der Waals surface area (Å²) in [6.45, 7) is 1.90. The number of anilines is 2. The number of nitrogens with one attached hydrogen (secondary N) is 2. The van der Waals surface area contributed by atoms with Crippen molar-refractivity contribution >= 4 is 35.2 Å². The zero-order chi connectivity index (χ0) is 20.1. The molecule has 0 unspecified atom stereocenters. The lowest BCUT2D eigenvalue weighted by atomic mass is 10.1. The molecule has 0 atom stereocenters. The molecule has 0 aliphatic carbocycles. The zero-order valence-electron chi connectivity index (χ0n) is 15.2. The normalized spacial score (nSPS) is 13.4. The number of hydrogen-bond donors (Lipinski definition) is 2. The molecule has 0 spiro atoms. The Morgan fingerprint density at radius 3 is 2.25 bits per heavy atom. The van der Waals surface area contributed by atoms with E-state index in [4.69, 9.17) is 4.84 Å². The first-order valence-corrected chi connectivity index (χ1v) is 8.71. The quantitative estimate of drug-likeness (QED) is 0.775. The molecule has 4 amide bonds. The number of carbonyl (C=O) groups excluding carboxylic acids is 4. The Morgan fingerprint density at radius 2 is 1.61 bits per heavy atom. The van der Waals surface area contributed by atoms with Crippen molar-refractivity contribution in [2.75, 3.05) is 10.6 Å². The molecule has 0 radical (unpaired) electrons. The summed E-state index contributed by atoms with van der Waals surface area (Å²) in [7, 11) is 0. The van der Waals surface area contributed by atoms with E-state index in [9.17, 15) is 19.2 Å². The van der Waals surface area contributed by atoms with Gasteiger partial charge in [0.1, 0.15) is 0 Å². The highest BCUT2D eigenvalue weighted by atomic mass is 16.7. The molecular formula is C20H19N3O5. The molecule has 8 nitrogen and oxygen atoms in total. The largest absolute Gasteiger partial charge is 0.337 e. The number of rotatable bonds is 5. The Morgan fingerprint density at radius 1 is 0.964 bits per heavy atom. The van der Waals surface area contributed by atoms with Gasteiger partial charge in [-0.25, -0.2) is 9.59 Å². The molecule has 0 bridgehead atoms. The molecule has 0 aromatic heterocycles. The minimum atomic E-state index is -0.707. The van der Waals surface area contributed by atoms with Gasteiger partial charge in [0.2, 0.25) is 0 Å². The fourth-order valence-electron chi connectivity index (χ4n) is 2.66. The molecule has 0 saturated carbocycles. The van der Waals surface area contributed by atoms with Crippen molar-refractivity contribution in [1.82, 2.24) is 5.06 Å². The van der Waals surface area contributed by atoms with Crippen molar-refractivity contribution in [3.8, 4) is 0 Å². The number of benzene rings is 2. The second kappa shape index (κ2) is 8.34. The van der Waals surface area contributed by atoms with Gasteiger partial charge in [0.15, 0.2) is 0 Å². The molecule has 144 valence electrons. The average molecular weight is 381 g/mol. The highest BCUT2D eigenvalue weighted by Gasteiger charge is 2.32. The van der Waals surface area contributed by atoms with E-state index in [0.717, 1.165) is 5.56 Å². The van der Waals surface area contributed by atoms with Gasteiger partial charge >= 0.3 is 12.0 Å². The number of hydroxylamine groups is 2. The third-order valence-corrected chi connectivity index (χ3v) is 4.15. The maximum atomic E-state index is 12.1. The second-order valence-electron chi connectivity index (χ2n) is 6.31. The molecule has 28 heavy (non-hydrogen) atoms. The molecule has 3 rings (SSSR count). The molecule has 1 aliphatic heterocycles. The van der Waals surface area contributed by atoms with Gasteiger partial charge in [-0.2, -0.15) is 0 Å². The van der Waals surface area contributed by atoms with E-state index in [-0.39, 0.29) is 25.3 Å². The summed E-state index contributed by atoms with van der Waals surface area (Å²) >= 11 is 0. The third kappa shape index (κ3) is 4.73. The number of urea groups is 1. The van der Waals surface area contributed by atoms with E-state index in [2.05, 4.69) is 10.6 Å². The van der Waals surface area contributed by atoms with Gasteiger partial charge < -0.3 is 15.5 Å².